The lowest BCUT2D eigenvalue weighted by atomic mass is 10.0. The van der Waals surface area contributed by atoms with Gasteiger partial charge in [-0.05, 0) is 11.5 Å². The second-order valence-electron chi connectivity index (χ2n) is 6.41. The third-order valence-electron chi connectivity index (χ3n) is 3.80. The van der Waals surface area contributed by atoms with E-state index in [2.05, 4.69) is 16.0 Å². The van der Waals surface area contributed by atoms with Crippen LogP contribution in [0.15, 0.2) is 30.3 Å². The van der Waals surface area contributed by atoms with Gasteiger partial charge in [0.15, 0.2) is 0 Å². The largest absolute Gasteiger partial charge is 0.480 e. The van der Waals surface area contributed by atoms with Crippen molar-refractivity contribution in [1.82, 2.24) is 16.0 Å². The lowest BCUT2D eigenvalue weighted by Crippen LogP contribution is -2.54. The van der Waals surface area contributed by atoms with Crippen molar-refractivity contribution in [3.63, 3.8) is 0 Å². The number of rotatable bonds is 10. The Morgan fingerprint density at radius 1 is 1.00 bits per heavy atom. The zero-order chi connectivity index (χ0) is 20.4. The molecule has 2 atom stereocenters. The molecule has 148 valence electrons. The third kappa shape index (κ3) is 8.32. The number of benzene rings is 1. The van der Waals surface area contributed by atoms with Crippen molar-refractivity contribution in [2.45, 2.75) is 32.4 Å². The van der Waals surface area contributed by atoms with Crippen molar-refractivity contribution in [3.8, 4) is 0 Å². The van der Waals surface area contributed by atoms with Crippen LogP contribution in [0.2, 0.25) is 0 Å². The van der Waals surface area contributed by atoms with Gasteiger partial charge in [-0.25, -0.2) is 0 Å². The van der Waals surface area contributed by atoms with Gasteiger partial charge in [-0.2, -0.15) is 0 Å². The highest BCUT2D eigenvalue weighted by atomic mass is 16.4. The molecule has 0 aliphatic carbocycles. The number of carboxylic acids is 1. The first-order valence-electron chi connectivity index (χ1n) is 8.56. The Hall–Kier alpha value is -2.94. The minimum Gasteiger partial charge on any atom is -0.480 e. The Bertz CT molecular complexity index is 663. The molecule has 0 aliphatic rings. The summed E-state index contributed by atoms with van der Waals surface area (Å²) in [5.41, 5.74) is 6.65. The van der Waals surface area contributed by atoms with E-state index in [0.717, 1.165) is 5.56 Å². The van der Waals surface area contributed by atoms with Crippen LogP contribution in [0.5, 0.6) is 0 Å². The highest BCUT2D eigenvalue weighted by Gasteiger charge is 2.25. The van der Waals surface area contributed by atoms with Gasteiger partial charge in [0.1, 0.15) is 12.6 Å². The van der Waals surface area contributed by atoms with E-state index in [1.165, 1.54) is 0 Å². The maximum atomic E-state index is 12.5. The fourth-order valence-electron chi connectivity index (χ4n) is 2.16. The standard InChI is InChI=1S/C18H26N4O5/c1-11(2)16(19)18(27)22-13(8-12-6-4-3-5-7-12)17(26)21-9-14(23)20-10-15(24)25/h3-7,11,13,16H,8-10,19H2,1-2H3,(H,20,23)(H,21,26)(H,22,27)(H,24,25). The minimum absolute atomic E-state index is 0.104. The topological polar surface area (TPSA) is 151 Å². The van der Waals surface area contributed by atoms with Crippen molar-refractivity contribution >= 4 is 23.7 Å². The lowest BCUT2D eigenvalue weighted by molar-refractivity contribution is -0.138. The lowest BCUT2D eigenvalue weighted by Gasteiger charge is -2.22. The number of amides is 3. The smallest absolute Gasteiger partial charge is 0.322 e. The first-order chi connectivity index (χ1) is 12.7. The molecule has 0 aromatic heterocycles. The van der Waals surface area contributed by atoms with Crippen molar-refractivity contribution in [2.75, 3.05) is 13.1 Å². The van der Waals surface area contributed by atoms with Crippen LogP contribution in [-0.4, -0.2) is 54.0 Å². The zero-order valence-electron chi connectivity index (χ0n) is 15.4. The van der Waals surface area contributed by atoms with E-state index in [0.29, 0.717) is 0 Å². The van der Waals surface area contributed by atoms with Crippen LogP contribution >= 0.6 is 0 Å². The number of nitrogens with one attached hydrogen (secondary N) is 3. The van der Waals surface area contributed by atoms with Crippen LogP contribution in [0.25, 0.3) is 0 Å². The number of carbonyl (C=O) groups excluding carboxylic acids is 3. The summed E-state index contributed by atoms with van der Waals surface area (Å²) in [6, 6.07) is 7.39. The van der Waals surface area contributed by atoms with E-state index >= 15 is 0 Å². The van der Waals surface area contributed by atoms with Gasteiger partial charge in [-0.15, -0.1) is 0 Å². The number of hydrogen-bond donors (Lipinski definition) is 5. The van der Waals surface area contributed by atoms with Crippen LogP contribution in [-0.2, 0) is 25.6 Å². The van der Waals surface area contributed by atoms with E-state index in [9.17, 15) is 19.2 Å². The number of nitrogens with two attached hydrogens (primary N) is 1. The van der Waals surface area contributed by atoms with E-state index < -0.39 is 48.9 Å². The van der Waals surface area contributed by atoms with Crippen molar-refractivity contribution in [1.29, 1.82) is 0 Å². The van der Waals surface area contributed by atoms with E-state index in [1.807, 2.05) is 30.3 Å². The first kappa shape index (κ1) is 22.1. The summed E-state index contributed by atoms with van der Waals surface area (Å²) in [5, 5.41) is 15.7. The van der Waals surface area contributed by atoms with Gasteiger partial charge in [0, 0.05) is 6.42 Å². The molecule has 0 saturated carbocycles. The molecule has 0 fully saturated rings. The molecule has 2 unspecified atom stereocenters. The molecule has 0 radical (unpaired) electrons. The molecule has 3 amide bonds. The highest BCUT2D eigenvalue weighted by Crippen LogP contribution is 2.05. The van der Waals surface area contributed by atoms with Crippen LogP contribution in [0, 0.1) is 5.92 Å². The fourth-order valence-corrected chi connectivity index (χ4v) is 2.16. The number of hydrogen-bond acceptors (Lipinski definition) is 5. The predicted molar refractivity (Wildman–Crippen MR) is 98.5 cm³/mol. The van der Waals surface area contributed by atoms with E-state index in [4.69, 9.17) is 10.8 Å². The van der Waals surface area contributed by atoms with E-state index in [1.54, 1.807) is 13.8 Å². The molecule has 1 aromatic carbocycles. The van der Waals surface area contributed by atoms with Gasteiger partial charge in [0.2, 0.25) is 17.7 Å². The second-order valence-corrected chi connectivity index (χ2v) is 6.41. The summed E-state index contributed by atoms with van der Waals surface area (Å²) in [6.07, 6.45) is 0.222. The summed E-state index contributed by atoms with van der Waals surface area (Å²) < 4.78 is 0. The van der Waals surface area contributed by atoms with Gasteiger partial charge in [0.25, 0.3) is 0 Å². The zero-order valence-corrected chi connectivity index (χ0v) is 15.4. The second kappa shape index (κ2) is 10.9. The van der Waals surface area contributed by atoms with Gasteiger partial charge < -0.3 is 26.8 Å². The normalized spacial score (nSPS) is 12.7. The van der Waals surface area contributed by atoms with Gasteiger partial charge in [0.05, 0.1) is 12.6 Å². The highest BCUT2D eigenvalue weighted by molar-refractivity contribution is 5.92. The van der Waals surface area contributed by atoms with Crippen molar-refractivity contribution in [3.05, 3.63) is 35.9 Å². The van der Waals surface area contributed by atoms with Crippen molar-refractivity contribution < 1.29 is 24.3 Å². The summed E-state index contributed by atoms with van der Waals surface area (Å²) in [7, 11) is 0. The molecular formula is C18H26N4O5. The predicted octanol–water partition coefficient (Wildman–Crippen LogP) is -0.986. The first-order valence-corrected chi connectivity index (χ1v) is 8.56. The average molecular weight is 378 g/mol. The van der Waals surface area contributed by atoms with Crippen LogP contribution in [0.1, 0.15) is 19.4 Å². The molecule has 0 bridgehead atoms. The van der Waals surface area contributed by atoms with Gasteiger partial charge in [-0.3, -0.25) is 19.2 Å². The summed E-state index contributed by atoms with van der Waals surface area (Å²) in [4.78, 5) is 46.7. The Morgan fingerprint density at radius 2 is 1.63 bits per heavy atom. The fraction of sp³-hybridized carbons (Fsp3) is 0.444. The molecule has 0 spiro atoms. The van der Waals surface area contributed by atoms with Crippen LogP contribution < -0.4 is 21.7 Å². The number of aliphatic carboxylic acids is 1. The number of carbonyl (C=O) groups is 4. The molecule has 27 heavy (non-hydrogen) atoms. The molecule has 1 aromatic rings. The number of carboxylic acid groups (broad SMARTS) is 1. The molecule has 9 heteroatoms. The van der Waals surface area contributed by atoms with E-state index in [-0.39, 0.29) is 12.3 Å². The monoisotopic (exact) mass is 378 g/mol. The summed E-state index contributed by atoms with van der Waals surface area (Å²) in [5.74, 6) is -2.96. The Labute approximate surface area is 157 Å². The molecule has 1 rings (SSSR count). The molecule has 0 saturated heterocycles. The van der Waals surface area contributed by atoms with Crippen molar-refractivity contribution in [2.24, 2.45) is 11.7 Å². The Kier molecular flexibility index (Phi) is 8.94. The third-order valence-corrected chi connectivity index (χ3v) is 3.80. The van der Waals surface area contributed by atoms with Gasteiger partial charge in [-0.1, -0.05) is 44.2 Å². The van der Waals surface area contributed by atoms with Crippen LogP contribution in [0.3, 0.4) is 0 Å². The molecule has 0 aliphatic heterocycles. The molecule has 9 nitrogen and oxygen atoms in total. The quantitative estimate of drug-likeness (QED) is 0.353. The summed E-state index contributed by atoms with van der Waals surface area (Å²) in [6.45, 7) is 2.65. The SMILES string of the molecule is CC(C)C(N)C(=O)NC(Cc1ccccc1)C(=O)NCC(=O)NCC(=O)O. The summed E-state index contributed by atoms with van der Waals surface area (Å²) >= 11 is 0. The average Bonchev–Trinajstić information content (AvgIpc) is 2.63. The molecule has 6 N–H and O–H groups in total. The van der Waals surface area contributed by atoms with Gasteiger partial charge >= 0.3 is 5.97 Å². The molecular weight excluding hydrogens is 352 g/mol. The maximum Gasteiger partial charge on any atom is 0.322 e. The minimum atomic E-state index is -1.19. The Balaban J connectivity index is 2.74. The van der Waals surface area contributed by atoms with Crippen LogP contribution in [0.4, 0.5) is 0 Å². The molecule has 0 heterocycles. The Morgan fingerprint density at radius 3 is 2.19 bits per heavy atom. The maximum absolute atomic E-state index is 12.5.